The summed E-state index contributed by atoms with van der Waals surface area (Å²) in [7, 11) is 2.12. The normalized spacial score (nSPS) is 15.6. The molecule has 0 amide bonds. The highest BCUT2D eigenvalue weighted by Crippen LogP contribution is 2.29. The number of nitrogens with zero attached hydrogens (tertiary/aromatic N) is 1. The number of benzene rings is 1. The number of rotatable bonds is 6. The van der Waals surface area contributed by atoms with E-state index in [1.165, 1.54) is 19.3 Å². The lowest BCUT2D eigenvalue weighted by atomic mass is 9.85. The zero-order valence-corrected chi connectivity index (χ0v) is 12.2. The van der Waals surface area contributed by atoms with Gasteiger partial charge in [0.25, 0.3) is 0 Å². The van der Waals surface area contributed by atoms with Gasteiger partial charge in [-0.05, 0) is 42.5 Å². The molecular formula is C16H25FN2. The number of hydrogen-bond donors (Lipinski definition) is 1. The quantitative estimate of drug-likeness (QED) is 0.845. The molecule has 0 saturated heterocycles. The van der Waals surface area contributed by atoms with Gasteiger partial charge < -0.3 is 10.2 Å². The van der Waals surface area contributed by atoms with Crippen molar-refractivity contribution >= 4 is 5.69 Å². The van der Waals surface area contributed by atoms with Gasteiger partial charge in [-0.25, -0.2) is 4.39 Å². The third-order valence-corrected chi connectivity index (χ3v) is 3.91. The SMILES string of the molecule is CC(C)NCc1cc(F)ccc1N(C)CC1CCC1. The summed E-state index contributed by atoms with van der Waals surface area (Å²) < 4.78 is 13.4. The Hall–Kier alpha value is -1.09. The average molecular weight is 264 g/mol. The number of hydrogen-bond acceptors (Lipinski definition) is 2. The summed E-state index contributed by atoms with van der Waals surface area (Å²) >= 11 is 0. The van der Waals surface area contributed by atoms with Crippen molar-refractivity contribution in [3.05, 3.63) is 29.6 Å². The standard InChI is InChI=1S/C16H25FN2/c1-12(2)18-10-14-9-15(17)7-8-16(14)19(3)11-13-5-4-6-13/h7-9,12-13,18H,4-6,10-11H2,1-3H3. The molecule has 19 heavy (non-hydrogen) atoms. The molecule has 1 aliphatic rings. The largest absolute Gasteiger partial charge is 0.374 e. The maximum absolute atomic E-state index is 13.4. The van der Waals surface area contributed by atoms with Crippen molar-refractivity contribution in [2.24, 2.45) is 5.92 Å². The summed E-state index contributed by atoms with van der Waals surface area (Å²) in [6.07, 6.45) is 4.04. The fraction of sp³-hybridized carbons (Fsp3) is 0.625. The third kappa shape index (κ3) is 3.93. The van der Waals surface area contributed by atoms with Gasteiger partial charge in [0, 0.05) is 31.9 Å². The molecule has 0 atom stereocenters. The third-order valence-electron chi connectivity index (χ3n) is 3.91. The minimum Gasteiger partial charge on any atom is -0.374 e. The lowest BCUT2D eigenvalue weighted by molar-refractivity contribution is 0.321. The maximum Gasteiger partial charge on any atom is 0.123 e. The fourth-order valence-corrected chi connectivity index (χ4v) is 2.54. The number of nitrogens with one attached hydrogen (secondary N) is 1. The van der Waals surface area contributed by atoms with Crippen molar-refractivity contribution in [1.82, 2.24) is 5.32 Å². The Bertz CT molecular complexity index is 413. The van der Waals surface area contributed by atoms with Gasteiger partial charge >= 0.3 is 0 Å². The van der Waals surface area contributed by atoms with Gasteiger partial charge in [0.05, 0.1) is 0 Å². The zero-order valence-electron chi connectivity index (χ0n) is 12.2. The van der Waals surface area contributed by atoms with Gasteiger partial charge in [-0.1, -0.05) is 20.3 Å². The van der Waals surface area contributed by atoms with Crippen LogP contribution in [0.3, 0.4) is 0 Å². The molecule has 1 aromatic carbocycles. The van der Waals surface area contributed by atoms with Gasteiger partial charge in [0.2, 0.25) is 0 Å². The molecular weight excluding hydrogens is 239 g/mol. The first-order chi connectivity index (χ1) is 9.06. The molecule has 106 valence electrons. The number of anilines is 1. The van der Waals surface area contributed by atoms with Crippen LogP contribution >= 0.6 is 0 Å². The molecule has 2 rings (SSSR count). The Kier molecular flexibility index (Phi) is 4.81. The molecule has 0 radical (unpaired) electrons. The lowest BCUT2D eigenvalue weighted by Crippen LogP contribution is -2.31. The van der Waals surface area contributed by atoms with Crippen LogP contribution in [0, 0.1) is 11.7 Å². The highest BCUT2D eigenvalue weighted by Gasteiger charge is 2.20. The van der Waals surface area contributed by atoms with E-state index in [4.69, 9.17) is 0 Å². The Morgan fingerprint density at radius 2 is 2.11 bits per heavy atom. The van der Waals surface area contributed by atoms with Crippen molar-refractivity contribution in [1.29, 1.82) is 0 Å². The minimum absolute atomic E-state index is 0.152. The Labute approximate surface area is 116 Å². The molecule has 0 aliphatic heterocycles. The molecule has 0 aromatic heterocycles. The molecule has 0 spiro atoms. The number of halogens is 1. The second-order valence-corrected chi connectivity index (χ2v) is 5.99. The van der Waals surface area contributed by atoms with Crippen LogP contribution in [0.5, 0.6) is 0 Å². The van der Waals surface area contributed by atoms with Crippen LogP contribution in [-0.2, 0) is 6.54 Å². The average Bonchev–Trinajstić information content (AvgIpc) is 2.31. The highest BCUT2D eigenvalue weighted by molar-refractivity contribution is 5.53. The Morgan fingerprint density at radius 3 is 2.68 bits per heavy atom. The predicted molar refractivity (Wildman–Crippen MR) is 79.0 cm³/mol. The molecule has 0 bridgehead atoms. The van der Waals surface area contributed by atoms with E-state index in [9.17, 15) is 4.39 Å². The van der Waals surface area contributed by atoms with E-state index in [-0.39, 0.29) is 5.82 Å². The Balaban J connectivity index is 2.07. The smallest absolute Gasteiger partial charge is 0.123 e. The monoisotopic (exact) mass is 264 g/mol. The molecule has 2 nitrogen and oxygen atoms in total. The summed E-state index contributed by atoms with van der Waals surface area (Å²) in [5, 5.41) is 3.37. The van der Waals surface area contributed by atoms with Gasteiger partial charge in [-0.2, -0.15) is 0 Å². The first kappa shape index (κ1) is 14.3. The molecule has 1 aliphatic carbocycles. The van der Waals surface area contributed by atoms with Crippen LogP contribution in [0.1, 0.15) is 38.7 Å². The summed E-state index contributed by atoms with van der Waals surface area (Å²) in [6.45, 7) is 6.02. The Morgan fingerprint density at radius 1 is 1.37 bits per heavy atom. The van der Waals surface area contributed by atoms with Crippen LogP contribution in [0.2, 0.25) is 0 Å². The topological polar surface area (TPSA) is 15.3 Å². The van der Waals surface area contributed by atoms with Crippen LogP contribution in [0.15, 0.2) is 18.2 Å². The van der Waals surface area contributed by atoms with Crippen LogP contribution < -0.4 is 10.2 Å². The van der Waals surface area contributed by atoms with Gasteiger partial charge in [-0.3, -0.25) is 0 Å². The lowest BCUT2D eigenvalue weighted by Gasteiger charge is -2.32. The van der Waals surface area contributed by atoms with Gasteiger partial charge in [0.15, 0.2) is 0 Å². The molecule has 1 fully saturated rings. The van der Waals surface area contributed by atoms with Crippen molar-refractivity contribution in [2.45, 2.75) is 45.7 Å². The van der Waals surface area contributed by atoms with E-state index in [0.29, 0.717) is 6.04 Å². The maximum atomic E-state index is 13.4. The van der Waals surface area contributed by atoms with Gasteiger partial charge in [-0.15, -0.1) is 0 Å². The highest BCUT2D eigenvalue weighted by atomic mass is 19.1. The summed E-state index contributed by atoms with van der Waals surface area (Å²) in [6, 6.07) is 5.53. The molecule has 1 N–H and O–H groups in total. The van der Waals surface area contributed by atoms with Crippen molar-refractivity contribution in [3.63, 3.8) is 0 Å². The summed E-state index contributed by atoms with van der Waals surface area (Å²) in [4.78, 5) is 2.28. The molecule has 3 heteroatoms. The minimum atomic E-state index is -0.152. The first-order valence-corrected chi connectivity index (χ1v) is 7.29. The van der Waals surface area contributed by atoms with Crippen LogP contribution in [-0.4, -0.2) is 19.6 Å². The van der Waals surface area contributed by atoms with Gasteiger partial charge in [0.1, 0.15) is 5.82 Å². The van der Waals surface area contributed by atoms with Crippen molar-refractivity contribution in [3.8, 4) is 0 Å². The van der Waals surface area contributed by atoms with E-state index < -0.39 is 0 Å². The predicted octanol–water partition coefficient (Wildman–Crippen LogP) is 3.56. The second-order valence-electron chi connectivity index (χ2n) is 5.99. The van der Waals surface area contributed by atoms with Crippen LogP contribution in [0.25, 0.3) is 0 Å². The summed E-state index contributed by atoms with van der Waals surface area (Å²) in [5.74, 6) is 0.669. The fourth-order valence-electron chi connectivity index (χ4n) is 2.54. The van der Waals surface area contributed by atoms with E-state index in [0.717, 1.165) is 30.3 Å². The van der Waals surface area contributed by atoms with E-state index in [1.807, 2.05) is 6.07 Å². The van der Waals surface area contributed by atoms with Crippen molar-refractivity contribution in [2.75, 3.05) is 18.5 Å². The molecule has 0 unspecified atom stereocenters. The van der Waals surface area contributed by atoms with E-state index in [1.54, 1.807) is 12.1 Å². The first-order valence-electron chi connectivity index (χ1n) is 7.29. The van der Waals surface area contributed by atoms with E-state index >= 15 is 0 Å². The van der Waals surface area contributed by atoms with Crippen molar-refractivity contribution < 1.29 is 4.39 Å². The van der Waals surface area contributed by atoms with Crippen LogP contribution in [0.4, 0.5) is 10.1 Å². The zero-order chi connectivity index (χ0) is 13.8. The summed E-state index contributed by atoms with van der Waals surface area (Å²) in [5.41, 5.74) is 2.21. The molecule has 1 saturated carbocycles. The van der Waals surface area contributed by atoms with E-state index in [2.05, 4.69) is 31.1 Å². The molecule has 1 aromatic rings. The second kappa shape index (κ2) is 6.38. The molecule has 0 heterocycles.